The zero-order valence-corrected chi connectivity index (χ0v) is 9.37. The smallest absolute Gasteiger partial charge is 0.132 e. The van der Waals surface area contributed by atoms with Gasteiger partial charge in [0.2, 0.25) is 0 Å². The van der Waals surface area contributed by atoms with Gasteiger partial charge in [-0.05, 0) is 25.1 Å². The Morgan fingerprint density at radius 2 is 2.18 bits per heavy atom. The molecule has 5 heteroatoms. The van der Waals surface area contributed by atoms with Crippen molar-refractivity contribution in [1.82, 2.24) is 9.97 Å². The van der Waals surface area contributed by atoms with Crippen LogP contribution in [0, 0.1) is 11.6 Å². The molecule has 0 aliphatic heterocycles. The maximum atomic E-state index is 13.5. The van der Waals surface area contributed by atoms with E-state index in [2.05, 4.69) is 9.97 Å². The van der Waals surface area contributed by atoms with E-state index >= 15 is 0 Å². The van der Waals surface area contributed by atoms with Crippen molar-refractivity contribution < 1.29 is 8.78 Å². The van der Waals surface area contributed by atoms with Crippen LogP contribution < -0.4 is 5.73 Å². The fourth-order valence-electron chi connectivity index (χ4n) is 1.61. The number of nitrogens with one attached hydrogen (secondary N) is 1. The van der Waals surface area contributed by atoms with Crippen LogP contribution in [0.4, 0.5) is 8.78 Å². The molecule has 0 saturated heterocycles. The van der Waals surface area contributed by atoms with E-state index in [4.69, 9.17) is 5.73 Å². The molecule has 3 nitrogen and oxygen atoms in total. The highest BCUT2D eigenvalue weighted by Gasteiger charge is 2.10. The van der Waals surface area contributed by atoms with E-state index in [0.717, 1.165) is 18.2 Å². The maximum Gasteiger partial charge on any atom is 0.132 e. The van der Waals surface area contributed by atoms with Crippen LogP contribution in [0.1, 0.15) is 12.7 Å². The van der Waals surface area contributed by atoms with Crippen molar-refractivity contribution in [2.45, 2.75) is 19.4 Å². The van der Waals surface area contributed by atoms with Gasteiger partial charge in [0.1, 0.15) is 17.5 Å². The minimum Gasteiger partial charge on any atom is -0.342 e. The molecular weight excluding hydrogens is 224 g/mol. The molecule has 0 fully saturated rings. The molecule has 0 amide bonds. The summed E-state index contributed by atoms with van der Waals surface area (Å²) in [5.74, 6) is -0.300. The Morgan fingerprint density at radius 1 is 1.41 bits per heavy atom. The van der Waals surface area contributed by atoms with E-state index in [1.165, 1.54) is 6.20 Å². The topological polar surface area (TPSA) is 54.7 Å². The molecule has 1 heterocycles. The molecule has 0 saturated carbocycles. The summed E-state index contributed by atoms with van der Waals surface area (Å²) in [5, 5.41) is 0. The number of rotatable bonds is 3. The Kier molecular flexibility index (Phi) is 3.19. The van der Waals surface area contributed by atoms with Crippen LogP contribution in [0.25, 0.3) is 11.3 Å². The second-order valence-corrected chi connectivity index (χ2v) is 4.05. The fourth-order valence-corrected chi connectivity index (χ4v) is 1.61. The van der Waals surface area contributed by atoms with Gasteiger partial charge in [-0.2, -0.15) is 0 Å². The Labute approximate surface area is 97.7 Å². The average Bonchev–Trinajstić information content (AvgIpc) is 2.69. The molecule has 17 heavy (non-hydrogen) atoms. The van der Waals surface area contributed by atoms with Crippen molar-refractivity contribution in [3.8, 4) is 11.3 Å². The molecule has 0 bridgehead atoms. The van der Waals surface area contributed by atoms with Crippen LogP contribution in [-0.2, 0) is 6.42 Å². The molecule has 0 aliphatic carbocycles. The normalized spacial score (nSPS) is 12.7. The van der Waals surface area contributed by atoms with Crippen LogP contribution >= 0.6 is 0 Å². The second-order valence-electron chi connectivity index (χ2n) is 4.05. The number of aromatic amines is 1. The molecule has 0 radical (unpaired) electrons. The Morgan fingerprint density at radius 3 is 2.88 bits per heavy atom. The third kappa shape index (κ3) is 2.68. The number of nitrogens with two attached hydrogens (primary N) is 1. The summed E-state index contributed by atoms with van der Waals surface area (Å²) in [6.45, 7) is 1.85. The first-order valence-corrected chi connectivity index (χ1v) is 5.31. The minimum absolute atomic E-state index is 0.0358. The molecule has 1 aromatic carbocycles. The monoisotopic (exact) mass is 237 g/mol. The van der Waals surface area contributed by atoms with Crippen LogP contribution in [0.5, 0.6) is 0 Å². The quantitative estimate of drug-likeness (QED) is 0.860. The van der Waals surface area contributed by atoms with Gasteiger partial charge in [0.05, 0.1) is 11.9 Å². The van der Waals surface area contributed by atoms with Gasteiger partial charge >= 0.3 is 0 Å². The lowest BCUT2D eigenvalue weighted by molar-refractivity contribution is 0.602. The molecule has 3 N–H and O–H groups in total. The first-order chi connectivity index (χ1) is 8.06. The van der Waals surface area contributed by atoms with Crippen molar-refractivity contribution in [3.63, 3.8) is 0 Å². The van der Waals surface area contributed by atoms with Crippen LogP contribution in [0.2, 0.25) is 0 Å². The summed E-state index contributed by atoms with van der Waals surface area (Å²) >= 11 is 0. The fraction of sp³-hybridized carbons (Fsp3) is 0.250. The van der Waals surface area contributed by atoms with Crippen molar-refractivity contribution in [1.29, 1.82) is 0 Å². The minimum atomic E-state index is -0.484. The van der Waals surface area contributed by atoms with Crippen LogP contribution in [-0.4, -0.2) is 16.0 Å². The predicted octanol–water partition coefficient (Wildman–Crippen LogP) is 2.24. The molecule has 2 rings (SSSR count). The highest BCUT2D eigenvalue weighted by Crippen LogP contribution is 2.22. The summed E-state index contributed by atoms with van der Waals surface area (Å²) < 4.78 is 26.5. The highest BCUT2D eigenvalue weighted by atomic mass is 19.1. The van der Waals surface area contributed by atoms with Gasteiger partial charge in [-0.3, -0.25) is 0 Å². The summed E-state index contributed by atoms with van der Waals surface area (Å²) in [6.07, 6.45) is 2.05. The van der Waals surface area contributed by atoms with Crippen LogP contribution in [0.3, 0.4) is 0 Å². The number of H-pyrrole nitrogens is 1. The number of hydrogen-bond acceptors (Lipinski definition) is 2. The predicted molar refractivity (Wildman–Crippen MR) is 61.3 cm³/mol. The maximum absolute atomic E-state index is 13.5. The zero-order valence-electron chi connectivity index (χ0n) is 9.37. The third-order valence-electron chi connectivity index (χ3n) is 2.36. The SMILES string of the molecule is CC(N)Cc1ncc(-c2cc(F)ccc2F)[nH]1. The highest BCUT2D eigenvalue weighted by molar-refractivity contribution is 5.59. The Hall–Kier alpha value is -1.75. The zero-order chi connectivity index (χ0) is 12.4. The van der Waals surface area contributed by atoms with Gasteiger partial charge < -0.3 is 10.7 Å². The van der Waals surface area contributed by atoms with Gasteiger partial charge in [0, 0.05) is 18.0 Å². The number of aromatic nitrogens is 2. The Bertz CT molecular complexity index is 520. The molecule has 1 unspecified atom stereocenters. The summed E-state index contributed by atoms with van der Waals surface area (Å²) in [6, 6.07) is 3.28. The molecule has 0 spiro atoms. The lowest BCUT2D eigenvalue weighted by atomic mass is 10.1. The number of benzene rings is 1. The molecule has 90 valence electrons. The van der Waals surface area contributed by atoms with Gasteiger partial charge in [0.15, 0.2) is 0 Å². The molecule has 2 aromatic rings. The first kappa shape index (κ1) is 11.7. The van der Waals surface area contributed by atoms with Crippen molar-refractivity contribution in [2.24, 2.45) is 5.73 Å². The average molecular weight is 237 g/mol. The van der Waals surface area contributed by atoms with Gasteiger partial charge in [-0.25, -0.2) is 13.8 Å². The van der Waals surface area contributed by atoms with Crippen molar-refractivity contribution >= 4 is 0 Å². The standard InChI is InChI=1S/C12H13F2N3/c1-7(15)4-12-16-6-11(17-12)9-5-8(13)2-3-10(9)14/h2-3,5-7H,4,15H2,1H3,(H,16,17). The number of halogens is 2. The first-order valence-electron chi connectivity index (χ1n) is 5.31. The number of imidazole rings is 1. The molecular formula is C12H13F2N3. The lowest BCUT2D eigenvalue weighted by Crippen LogP contribution is -2.18. The largest absolute Gasteiger partial charge is 0.342 e. The number of hydrogen-bond donors (Lipinski definition) is 2. The van der Waals surface area contributed by atoms with E-state index < -0.39 is 11.6 Å². The second kappa shape index (κ2) is 4.63. The summed E-state index contributed by atoms with van der Waals surface area (Å²) in [7, 11) is 0. The van der Waals surface area contributed by atoms with E-state index in [-0.39, 0.29) is 11.6 Å². The third-order valence-corrected chi connectivity index (χ3v) is 2.36. The number of nitrogens with zero attached hydrogens (tertiary/aromatic N) is 1. The molecule has 0 aliphatic rings. The van der Waals surface area contributed by atoms with E-state index in [9.17, 15) is 8.78 Å². The van der Waals surface area contributed by atoms with Crippen molar-refractivity contribution in [2.75, 3.05) is 0 Å². The summed E-state index contributed by atoms with van der Waals surface area (Å²) in [5.41, 5.74) is 6.26. The van der Waals surface area contributed by atoms with E-state index in [1.807, 2.05) is 6.92 Å². The van der Waals surface area contributed by atoms with Crippen molar-refractivity contribution in [3.05, 3.63) is 41.9 Å². The molecule has 1 aromatic heterocycles. The van der Waals surface area contributed by atoms with Gasteiger partial charge in [-0.1, -0.05) is 0 Å². The van der Waals surface area contributed by atoms with E-state index in [0.29, 0.717) is 17.9 Å². The van der Waals surface area contributed by atoms with Gasteiger partial charge in [-0.15, -0.1) is 0 Å². The van der Waals surface area contributed by atoms with Crippen LogP contribution in [0.15, 0.2) is 24.4 Å². The molecule has 1 atom stereocenters. The lowest BCUT2D eigenvalue weighted by Gasteiger charge is -2.02. The Balaban J connectivity index is 2.33. The summed E-state index contributed by atoms with van der Waals surface area (Å²) in [4.78, 5) is 7.01. The van der Waals surface area contributed by atoms with Gasteiger partial charge in [0.25, 0.3) is 0 Å². The van der Waals surface area contributed by atoms with E-state index in [1.54, 1.807) is 0 Å².